The summed E-state index contributed by atoms with van der Waals surface area (Å²) in [6.07, 6.45) is 0.677. The fourth-order valence-corrected chi connectivity index (χ4v) is 2.22. The molecule has 1 N–H and O–H groups in total. The summed E-state index contributed by atoms with van der Waals surface area (Å²) in [5.41, 5.74) is -0.466. The van der Waals surface area contributed by atoms with Crippen LogP contribution in [0.25, 0.3) is 0 Å². The Morgan fingerprint density at radius 2 is 1.69 bits per heavy atom. The minimum absolute atomic E-state index is 0.0357. The molecule has 1 saturated heterocycles. The van der Waals surface area contributed by atoms with Gasteiger partial charge in [-0.25, -0.2) is 4.79 Å². The minimum atomic E-state index is -0.466. The molecule has 1 aliphatic rings. The van der Waals surface area contributed by atoms with Gasteiger partial charge < -0.3 is 14.7 Å². The maximum absolute atomic E-state index is 12.0. The van der Waals surface area contributed by atoms with Crippen LogP contribution in [0.3, 0.4) is 0 Å². The maximum Gasteiger partial charge on any atom is 0.410 e. The molecule has 0 aromatic carbocycles. The number of ether oxygens (including phenoxy) is 1. The number of piperidine rings is 1. The van der Waals surface area contributed by atoms with Crippen molar-refractivity contribution in [3.8, 4) is 0 Å². The summed E-state index contributed by atoms with van der Waals surface area (Å²) in [4.78, 5) is 13.7. The van der Waals surface area contributed by atoms with Crippen LogP contribution < -0.4 is 0 Å². The van der Waals surface area contributed by atoms with Crippen LogP contribution >= 0.6 is 0 Å². The zero-order chi connectivity index (χ0) is 12.5. The zero-order valence-electron chi connectivity index (χ0n) is 10.9. The van der Waals surface area contributed by atoms with Gasteiger partial charge in [-0.15, -0.1) is 0 Å². The molecular weight excluding hydrogens is 206 g/mol. The Balaban J connectivity index is 2.67. The lowest BCUT2D eigenvalue weighted by Crippen LogP contribution is -2.52. The Morgan fingerprint density at radius 3 is 2.06 bits per heavy atom. The van der Waals surface area contributed by atoms with Crippen molar-refractivity contribution >= 4 is 6.09 Å². The Labute approximate surface area is 97.6 Å². The minimum Gasteiger partial charge on any atom is -0.444 e. The van der Waals surface area contributed by atoms with Gasteiger partial charge in [-0.05, 0) is 47.5 Å². The number of nitrogens with zero attached hydrogens (tertiary/aromatic N) is 1. The highest BCUT2D eigenvalue weighted by molar-refractivity contribution is 5.69. The molecule has 0 saturated carbocycles. The van der Waals surface area contributed by atoms with Crippen molar-refractivity contribution in [2.24, 2.45) is 0 Å². The van der Waals surface area contributed by atoms with Crippen molar-refractivity contribution < 1.29 is 14.6 Å². The van der Waals surface area contributed by atoms with E-state index in [1.165, 1.54) is 0 Å². The molecule has 1 fully saturated rings. The summed E-state index contributed by atoms with van der Waals surface area (Å²) in [5, 5.41) is 9.60. The van der Waals surface area contributed by atoms with Crippen LogP contribution in [0.2, 0.25) is 0 Å². The van der Waals surface area contributed by atoms with Crippen LogP contribution in [-0.2, 0) is 4.74 Å². The Hall–Kier alpha value is -0.770. The van der Waals surface area contributed by atoms with E-state index in [2.05, 4.69) is 0 Å². The van der Waals surface area contributed by atoms with E-state index in [-0.39, 0.29) is 24.3 Å². The molecule has 0 bridgehead atoms. The summed E-state index contributed by atoms with van der Waals surface area (Å²) in [6, 6.07) is 0.0715. The first kappa shape index (κ1) is 13.3. The molecule has 1 amide bonds. The number of carbonyl (C=O) groups is 1. The monoisotopic (exact) mass is 229 g/mol. The quantitative estimate of drug-likeness (QED) is 0.692. The summed E-state index contributed by atoms with van der Waals surface area (Å²) in [6.45, 7) is 9.47. The van der Waals surface area contributed by atoms with Crippen molar-refractivity contribution in [3.05, 3.63) is 0 Å². The normalized spacial score (nSPS) is 31.4. The topological polar surface area (TPSA) is 49.8 Å². The second-order valence-electron chi connectivity index (χ2n) is 5.71. The van der Waals surface area contributed by atoms with Crippen LogP contribution in [0.15, 0.2) is 0 Å². The lowest BCUT2D eigenvalue weighted by atomic mass is 9.95. The average molecular weight is 229 g/mol. The molecule has 0 unspecified atom stereocenters. The molecule has 1 aliphatic heterocycles. The molecule has 0 aliphatic carbocycles. The first-order valence-corrected chi connectivity index (χ1v) is 5.90. The second kappa shape index (κ2) is 4.62. The van der Waals surface area contributed by atoms with Gasteiger partial charge in [0, 0.05) is 12.1 Å². The molecular formula is C12H23NO3. The number of aliphatic hydroxyl groups is 1. The van der Waals surface area contributed by atoms with Crippen molar-refractivity contribution in [2.45, 2.75) is 71.2 Å². The number of aliphatic hydroxyl groups excluding tert-OH is 1. The van der Waals surface area contributed by atoms with Crippen LogP contribution in [0.5, 0.6) is 0 Å². The number of likely N-dealkylation sites (tertiary alicyclic amines) is 1. The Morgan fingerprint density at radius 1 is 1.25 bits per heavy atom. The van der Waals surface area contributed by atoms with Gasteiger partial charge in [0.25, 0.3) is 0 Å². The van der Waals surface area contributed by atoms with E-state index in [0.717, 1.165) is 0 Å². The maximum atomic E-state index is 12.0. The predicted molar refractivity (Wildman–Crippen MR) is 62.2 cm³/mol. The third-order valence-electron chi connectivity index (χ3n) is 2.78. The molecule has 1 rings (SSSR count). The van der Waals surface area contributed by atoms with Gasteiger partial charge in [0.15, 0.2) is 0 Å². The van der Waals surface area contributed by atoms with E-state index in [4.69, 9.17) is 4.74 Å². The van der Waals surface area contributed by atoms with Gasteiger partial charge in [0.05, 0.1) is 6.10 Å². The number of rotatable bonds is 0. The van der Waals surface area contributed by atoms with E-state index in [0.29, 0.717) is 12.8 Å². The summed E-state index contributed by atoms with van der Waals surface area (Å²) in [5.74, 6) is 0. The second-order valence-corrected chi connectivity index (χ2v) is 5.71. The van der Waals surface area contributed by atoms with Crippen LogP contribution in [0.1, 0.15) is 47.5 Å². The number of amides is 1. The smallest absolute Gasteiger partial charge is 0.410 e. The fourth-order valence-electron chi connectivity index (χ4n) is 2.22. The highest BCUT2D eigenvalue weighted by Crippen LogP contribution is 2.25. The van der Waals surface area contributed by atoms with Gasteiger partial charge in [-0.1, -0.05) is 0 Å². The van der Waals surface area contributed by atoms with E-state index in [1.54, 1.807) is 4.90 Å². The van der Waals surface area contributed by atoms with Crippen LogP contribution in [0, 0.1) is 0 Å². The molecule has 94 valence electrons. The molecule has 4 nitrogen and oxygen atoms in total. The Kier molecular flexibility index (Phi) is 3.84. The van der Waals surface area contributed by atoms with Crippen molar-refractivity contribution in [1.29, 1.82) is 0 Å². The standard InChI is InChI=1S/C12H23NO3/c1-8-6-10(14)7-9(2)13(8)11(15)16-12(3,4)5/h8-10,14H,6-7H2,1-5H3/t8-,9-/m1/s1. The summed E-state index contributed by atoms with van der Waals surface area (Å²) < 4.78 is 5.36. The molecule has 16 heavy (non-hydrogen) atoms. The van der Waals surface area contributed by atoms with Crippen molar-refractivity contribution in [2.75, 3.05) is 0 Å². The first-order chi connectivity index (χ1) is 7.20. The third kappa shape index (κ3) is 3.37. The number of hydrogen-bond donors (Lipinski definition) is 1. The first-order valence-electron chi connectivity index (χ1n) is 5.90. The number of hydrogen-bond acceptors (Lipinski definition) is 3. The van der Waals surface area contributed by atoms with Gasteiger partial charge in [-0.3, -0.25) is 0 Å². The van der Waals surface area contributed by atoms with Gasteiger partial charge in [0.1, 0.15) is 5.60 Å². The van der Waals surface area contributed by atoms with Gasteiger partial charge in [-0.2, -0.15) is 0 Å². The lowest BCUT2D eigenvalue weighted by molar-refractivity contribution is -0.0223. The largest absolute Gasteiger partial charge is 0.444 e. The van der Waals surface area contributed by atoms with Crippen molar-refractivity contribution in [3.63, 3.8) is 0 Å². The molecule has 0 aromatic heterocycles. The zero-order valence-corrected chi connectivity index (χ0v) is 10.9. The fraction of sp³-hybridized carbons (Fsp3) is 0.917. The molecule has 0 radical (unpaired) electrons. The van der Waals surface area contributed by atoms with E-state index >= 15 is 0 Å². The highest BCUT2D eigenvalue weighted by Gasteiger charge is 2.35. The number of carbonyl (C=O) groups excluding carboxylic acids is 1. The summed E-state index contributed by atoms with van der Waals surface area (Å²) >= 11 is 0. The van der Waals surface area contributed by atoms with E-state index < -0.39 is 5.60 Å². The molecule has 2 atom stereocenters. The van der Waals surface area contributed by atoms with Crippen LogP contribution in [-0.4, -0.2) is 39.9 Å². The van der Waals surface area contributed by atoms with Gasteiger partial charge in [0.2, 0.25) is 0 Å². The predicted octanol–water partition coefficient (Wildman–Crippen LogP) is 2.16. The van der Waals surface area contributed by atoms with Crippen LogP contribution in [0.4, 0.5) is 4.79 Å². The lowest BCUT2D eigenvalue weighted by Gasteiger charge is -2.41. The van der Waals surface area contributed by atoms with Crippen molar-refractivity contribution in [1.82, 2.24) is 4.90 Å². The van der Waals surface area contributed by atoms with E-state index in [1.807, 2.05) is 34.6 Å². The molecule has 0 aromatic rings. The highest BCUT2D eigenvalue weighted by atomic mass is 16.6. The van der Waals surface area contributed by atoms with E-state index in [9.17, 15) is 9.90 Å². The molecule has 0 spiro atoms. The third-order valence-corrected chi connectivity index (χ3v) is 2.78. The SMILES string of the molecule is C[C@@H]1CC(O)C[C@@H](C)N1C(=O)OC(C)(C)C. The average Bonchev–Trinajstić information content (AvgIpc) is 1.96. The van der Waals surface area contributed by atoms with Gasteiger partial charge >= 0.3 is 6.09 Å². The molecule has 1 heterocycles. The Bertz CT molecular complexity index is 247. The summed E-state index contributed by atoms with van der Waals surface area (Å²) in [7, 11) is 0. The molecule has 4 heteroatoms.